The molecule has 6 nitrogen and oxygen atoms in total. The minimum Gasteiger partial charge on any atom is -0.507 e. The number of carbonyl (C=O) groups is 1. The van der Waals surface area contributed by atoms with E-state index in [1.165, 1.54) is 6.07 Å². The van der Waals surface area contributed by atoms with Crippen LogP contribution in [-0.2, 0) is 0 Å². The molecule has 3 aromatic carbocycles. The van der Waals surface area contributed by atoms with Crippen LogP contribution in [-0.4, -0.2) is 22.6 Å². The number of phenolic OH excluding ortho intramolecular Hbond substituents is 1. The summed E-state index contributed by atoms with van der Waals surface area (Å²) < 4.78 is 11.1. The summed E-state index contributed by atoms with van der Waals surface area (Å²) in [6.45, 7) is 2.47. The molecular weight excluding hydrogens is 356 g/mol. The highest BCUT2D eigenvalue weighted by atomic mass is 16.5. The Kier molecular flexibility index (Phi) is 4.68. The van der Waals surface area contributed by atoms with Gasteiger partial charge >= 0.3 is 0 Å². The molecule has 6 heteroatoms. The second kappa shape index (κ2) is 7.44. The normalized spacial score (nSPS) is 10.8. The first kappa shape index (κ1) is 17.6. The highest BCUT2D eigenvalue weighted by Gasteiger charge is 2.14. The van der Waals surface area contributed by atoms with Gasteiger partial charge in [0.25, 0.3) is 5.91 Å². The lowest BCUT2D eigenvalue weighted by molar-refractivity contribution is 0.102. The van der Waals surface area contributed by atoms with Crippen LogP contribution in [0.1, 0.15) is 17.3 Å². The lowest BCUT2D eigenvalue weighted by Crippen LogP contribution is -2.11. The first-order valence-electron chi connectivity index (χ1n) is 8.87. The summed E-state index contributed by atoms with van der Waals surface area (Å²) in [6, 6.07) is 19.1. The highest BCUT2D eigenvalue weighted by Crippen LogP contribution is 2.33. The van der Waals surface area contributed by atoms with Crippen molar-refractivity contribution in [2.75, 3.05) is 11.9 Å². The summed E-state index contributed by atoms with van der Waals surface area (Å²) in [5.74, 6) is 0.718. The van der Waals surface area contributed by atoms with Crippen LogP contribution in [0, 0.1) is 0 Å². The summed E-state index contributed by atoms with van der Waals surface area (Å²) in [4.78, 5) is 16.8. The van der Waals surface area contributed by atoms with Gasteiger partial charge in [-0.25, -0.2) is 4.98 Å². The third kappa shape index (κ3) is 3.53. The fraction of sp³-hybridized carbons (Fsp3) is 0.0909. The van der Waals surface area contributed by atoms with Gasteiger partial charge in [0, 0.05) is 17.3 Å². The lowest BCUT2D eigenvalue weighted by atomic mass is 10.1. The van der Waals surface area contributed by atoms with Gasteiger partial charge in [-0.2, -0.15) is 0 Å². The van der Waals surface area contributed by atoms with Gasteiger partial charge in [0.1, 0.15) is 17.0 Å². The molecule has 2 N–H and O–H groups in total. The molecule has 1 amide bonds. The van der Waals surface area contributed by atoms with E-state index in [1.807, 2.05) is 31.2 Å². The number of rotatable bonds is 5. The van der Waals surface area contributed by atoms with E-state index in [-0.39, 0.29) is 11.7 Å². The van der Waals surface area contributed by atoms with Crippen molar-refractivity contribution >= 4 is 22.7 Å². The maximum atomic E-state index is 12.4. The number of hydrogen-bond donors (Lipinski definition) is 2. The Morgan fingerprint density at radius 3 is 2.61 bits per heavy atom. The fourth-order valence-electron chi connectivity index (χ4n) is 2.85. The number of nitrogens with one attached hydrogen (secondary N) is 1. The SMILES string of the molecule is CCOc1ccc(C(=O)Nc2ccc(-c3nc4ccccc4o3)c(O)c2)cc1. The lowest BCUT2D eigenvalue weighted by Gasteiger charge is -2.08. The predicted octanol–water partition coefficient (Wildman–Crippen LogP) is 4.85. The van der Waals surface area contributed by atoms with E-state index in [0.29, 0.717) is 46.2 Å². The number of aromatic nitrogens is 1. The zero-order chi connectivity index (χ0) is 19.5. The number of amides is 1. The Balaban J connectivity index is 1.53. The molecule has 0 spiro atoms. The molecule has 140 valence electrons. The molecule has 0 saturated carbocycles. The number of benzene rings is 3. The Bertz CT molecular complexity index is 1100. The van der Waals surface area contributed by atoms with Crippen LogP contribution >= 0.6 is 0 Å². The zero-order valence-electron chi connectivity index (χ0n) is 15.2. The summed E-state index contributed by atoms with van der Waals surface area (Å²) >= 11 is 0. The molecule has 0 aliphatic rings. The van der Waals surface area contributed by atoms with Crippen molar-refractivity contribution in [3.05, 3.63) is 72.3 Å². The minimum absolute atomic E-state index is 0.0314. The number of aromatic hydroxyl groups is 1. The molecule has 0 saturated heterocycles. The fourth-order valence-corrected chi connectivity index (χ4v) is 2.85. The molecule has 28 heavy (non-hydrogen) atoms. The summed E-state index contributed by atoms with van der Waals surface area (Å²) in [6.07, 6.45) is 0. The van der Waals surface area contributed by atoms with Gasteiger partial charge in [-0.15, -0.1) is 0 Å². The van der Waals surface area contributed by atoms with E-state index in [0.717, 1.165) is 0 Å². The third-order valence-electron chi connectivity index (χ3n) is 4.21. The number of fused-ring (bicyclic) bond motifs is 1. The van der Waals surface area contributed by atoms with E-state index >= 15 is 0 Å². The highest BCUT2D eigenvalue weighted by molar-refractivity contribution is 6.04. The minimum atomic E-state index is -0.280. The molecule has 1 aromatic heterocycles. The number of phenols is 1. The van der Waals surface area contributed by atoms with Gasteiger partial charge in [0.05, 0.1) is 12.2 Å². The van der Waals surface area contributed by atoms with Gasteiger partial charge in [0.15, 0.2) is 5.58 Å². The van der Waals surface area contributed by atoms with Crippen LogP contribution in [0.5, 0.6) is 11.5 Å². The van der Waals surface area contributed by atoms with Crippen LogP contribution in [0.25, 0.3) is 22.6 Å². The number of ether oxygens (including phenoxy) is 1. The first-order valence-corrected chi connectivity index (χ1v) is 8.87. The van der Waals surface area contributed by atoms with Crippen molar-refractivity contribution in [3.8, 4) is 23.0 Å². The van der Waals surface area contributed by atoms with E-state index in [1.54, 1.807) is 36.4 Å². The van der Waals surface area contributed by atoms with Gasteiger partial charge in [-0.05, 0) is 55.5 Å². The second-order valence-electron chi connectivity index (χ2n) is 6.13. The van der Waals surface area contributed by atoms with Crippen LogP contribution in [0.2, 0.25) is 0 Å². The maximum Gasteiger partial charge on any atom is 0.255 e. The van der Waals surface area contributed by atoms with Crippen LogP contribution in [0.15, 0.2) is 71.1 Å². The Labute approximate surface area is 161 Å². The number of nitrogens with zero attached hydrogens (tertiary/aromatic N) is 1. The largest absolute Gasteiger partial charge is 0.507 e. The Morgan fingerprint density at radius 2 is 1.89 bits per heavy atom. The quantitative estimate of drug-likeness (QED) is 0.521. The van der Waals surface area contributed by atoms with Crippen LogP contribution < -0.4 is 10.1 Å². The number of para-hydroxylation sites is 2. The Morgan fingerprint density at radius 1 is 1.11 bits per heavy atom. The van der Waals surface area contributed by atoms with Crippen molar-refractivity contribution in [2.45, 2.75) is 6.92 Å². The number of hydrogen-bond acceptors (Lipinski definition) is 5. The van der Waals surface area contributed by atoms with Crippen LogP contribution in [0.4, 0.5) is 5.69 Å². The van der Waals surface area contributed by atoms with Gasteiger partial charge in [-0.1, -0.05) is 12.1 Å². The molecule has 4 rings (SSSR count). The second-order valence-corrected chi connectivity index (χ2v) is 6.13. The standard InChI is InChI=1S/C22H18N2O4/c1-2-27-16-10-7-14(8-11-16)21(26)23-15-9-12-17(19(25)13-15)22-24-18-5-3-4-6-20(18)28-22/h3-13,25H,2H2,1H3,(H,23,26). The molecule has 0 aliphatic heterocycles. The Hall–Kier alpha value is -3.80. The van der Waals surface area contributed by atoms with Gasteiger partial charge in [-0.3, -0.25) is 4.79 Å². The predicted molar refractivity (Wildman–Crippen MR) is 107 cm³/mol. The van der Waals surface area contributed by atoms with Crippen molar-refractivity contribution in [3.63, 3.8) is 0 Å². The maximum absolute atomic E-state index is 12.4. The molecular formula is C22H18N2O4. The number of anilines is 1. The van der Waals surface area contributed by atoms with Crippen molar-refractivity contribution in [1.29, 1.82) is 0 Å². The van der Waals surface area contributed by atoms with E-state index in [2.05, 4.69) is 10.3 Å². The number of oxazole rings is 1. The van der Waals surface area contributed by atoms with E-state index in [9.17, 15) is 9.90 Å². The van der Waals surface area contributed by atoms with E-state index < -0.39 is 0 Å². The smallest absolute Gasteiger partial charge is 0.255 e. The molecule has 0 radical (unpaired) electrons. The summed E-state index contributed by atoms with van der Waals surface area (Å²) in [5, 5.41) is 13.1. The molecule has 0 unspecified atom stereocenters. The summed E-state index contributed by atoms with van der Waals surface area (Å²) in [5.41, 5.74) is 2.77. The number of carbonyl (C=O) groups excluding carboxylic acids is 1. The van der Waals surface area contributed by atoms with Crippen molar-refractivity contribution in [1.82, 2.24) is 4.98 Å². The monoisotopic (exact) mass is 374 g/mol. The molecule has 0 fully saturated rings. The third-order valence-corrected chi connectivity index (χ3v) is 4.21. The van der Waals surface area contributed by atoms with Gasteiger partial charge in [0.2, 0.25) is 5.89 Å². The topological polar surface area (TPSA) is 84.6 Å². The van der Waals surface area contributed by atoms with Crippen LogP contribution in [0.3, 0.4) is 0 Å². The van der Waals surface area contributed by atoms with Crippen molar-refractivity contribution < 1.29 is 19.1 Å². The first-order chi connectivity index (χ1) is 13.6. The average Bonchev–Trinajstić information content (AvgIpc) is 3.12. The summed E-state index contributed by atoms with van der Waals surface area (Å²) in [7, 11) is 0. The molecule has 4 aromatic rings. The average molecular weight is 374 g/mol. The molecule has 0 atom stereocenters. The molecule has 0 aliphatic carbocycles. The zero-order valence-corrected chi connectivity index (χ0v) is 15.2. The van der Waals surface area contributed by atoms with E-state index in [4.69, 9.17) is 9.15 Å². The molecule has 1 heterocycles. The van der Waals surface area contributed by atoms with Crippen molar-refractivity contribution in [2.24, 2.45) is 0 Å². The molecule has 0 bridgehead atoms. The van der Waals surface area contributed by atoms with Gasteiger partial charge < -0.3 is 19.6 Å².